The van der Waals surface area contributed by atoms with Crippen molar-refractivity contribution in [2.24, 2.45) is 0 Å². The number of hydrogen-bond acceptors (Lipinski definition) is 5. The molecule has 174 valence electrons. The molecule has 2 aromatic carbocycles. The number of unbranched alkanes of at least 4 members (excludes halogenated alkanes) is 6. The monoisotopic (exact) mass is 460 g/mol. The second-order valence-corrected chi connectivity index (χ2v) is 8.53. The Morgan fingerprint density at radius 1 is 0.781 bits per heavy atom. The molecule has 0 radical (unpaired) electrons. The van der Waals surface area contributed by atoms with E-state index in [2.05, 4.69) is 6.92 Å². The first-order valence-corrected chi connectivity index (χ1v) is 11.8. The van der Waals surface area contributed by atoms with Crippen LogP contribution >= 0.6 is 11.6 Å². The lowest BCUT2D eigenvalue weighted by atomic mass is 10.1. The van der Waals surface area contributed by atoms with Crippen molar-refractivity contribution in [2.75, 3.05) is 13.2 Å². The van der Waals surface area contributed by atoms with Gasteiger partial charge in [-0.2, -0.15) is 0 Å². The van der Waals surface area contributed by atoms with Crippen molar-refractivity contribution < 1.29 is 23.8 Å². The van der Waals surface area contributed by atoms with E-state index in [1.807, 2.05) is 0 Å². The molecule has 32 heavy (non-hydrogen) atoms. The summed E-state index contributed by atoms with van der Waals surface area (Å²) in [5, 5.41) is -0.253. The van der Waals surface area contributed by atoms with E-state index in [9.17, 15) is 9.59 Å². The van der Waals surface area contributed by atoms with Gasteiger partial charge in [-0.15, -0.1) is 11.6 Å². The first-order chi connectivity index (χ1) is 15.5. The molecule has 0 saturated carbocycles. The molecule has 0 aliphatic carbocycles. The van der Waals surface area contributed by atoms with Crippen molar-refractivity contribution in [3.63, 3.8) is 0 Å². The van der Waals surface area contributed by atoms with Crippen LogP contribution in [0.3, 0.4) is 0 Å². The first-order valence-electron chi connectivity index (χ1n) is 11.4. The van der Waals surface area contributed by atoms with Gasteiger partial charge in [0.05, 0.1) is 23.1 Å². The average Bonchev–Trinajstić information content (AvgIpc) is 2.80. The van der Waals surface area contributed by atoms with Gasteiger partial charge < -0.3 is 14.2 Å². The molecule has 0 aromatic heterocycles. The summed E-state index contributed by atoms with van der Waals surface area (Å²) < 4.78 is 16.2. The van der Waals surface area contributed by atoms with Gasteiger partial charge in [0.1, 0.15) is 18.1 Å². The van der Waals surface area contributed by atoms with Crippen LogP contribution in [-0.2, 0) is 4.74 Å². The van der Waals surface area contributed by atoms with Gasteiger partial charge in [-0.05, 0) is 61.9 Å². The number of ether oxygens (including phenoxy) is 3. The molecule has 0 aliphatic heterocycles. The van der Waals surface area contributed by atoms with Gasteiger partial charge >= 0.3 is 11.9 Å². The fraction of sp³-hybridized carbons (Fsp3) is 0.462. The number of rotatable bonds is 14. The van der Waals surface area contributed by atoms with Crippen LogP contribution in [0.1, 0.15) is 79.5 Å². The van der Waals surface area contributed by atoms with Gasteiger partial charge in [-0.1, -0.05) is 45.4 Å². The summed E-state index contributed by atoms with van der Waals surface area (Å²) in [5.41, 5.74) is 0.789. The number of halogens is 1. The number of carbonyl (C=O) groups is 2. The molecule has 0 saturated heterocycles. The molecule has 0 aliphatic rings. The topological polar surface area (TPSA) is 61.8 Å². The summed E-state index contributed by atoms with van der Waals surface area (Å²) in [5.74, 6) is 0.135. The average molecular weight is 461 g/mol. The Morgan fingerprint density at radius 2 is 1.31 bits per heavy atom. The van der Waals surface area contributed by atoms with Crippen molar-refractivity contribution in [2.45, 2.75) is 64.2 Å². The van der Waals surface area contributed by atoms with Gasteiger partial charge in [0.15, 0.2) is 0 Å². The molecule has 2 rings (SSSR count). The Hall–Kier alpha value is -2.53. The summed E-state index contributed by atoms with van der Waals surface area (Å²) in [6.07, 6.45) is 8.66. The largest absolute Gasteiger partial charge is 0.494 e. The number of alkyl halides is 1. The fourth-order valence-electron chi connectivity index (χ4n) is 3.04. The SMILES string of the molecule is CCCCCCCCCOc1ccc(C(=O)Oc2ccc(C(=O)OC[C@@H](C)Cl)cc2)cc1. The number of benzene rings is 2. The molecule has 5 nitrogen and oxygen atoms in total. The van der Waals surface area contributed by atoms with E-state index >= 15 is 0 Å². The van der Waals surface area contributed by atoms with Crippen molar-refractivity contribution in [3.05, 3.63) is 59.7 Å². The number of carbonyl (C=O) groups excluding carboxylic acids is 2. The predicted octanol–water partition coefficient (Wildman–Crippen LogP) is 6.82. The van der Waals surface area contributed by atoms with Crippen molar-refractivity contribution in [1.29, 1.82) is 0 Å². The van der Waals surface area contributed by atoms with Crippen LogP contribution in [-0.4, -0.2) is 30.5 Å². The predicted molar refractivity (Wildman–Crippen MR) is 127 cm³/mol. The first kappa shape index (κ1) is 25.7. The highest BCUT2D eigenvalue weighted by atomic mass is 35.5. The minimum atomic E-state index is -0.477. The second-order valence-electron chi connectivity index (χ2n) is 7.79. The van der Waals surface area contributed by atoms with Crippen molar-refractivity contribution in [1.82, 2.24) is 0 Å². The minimum absolute atomic E-state index is 0.135. The Labute approximate surface area is 196 Å². The molecule has 1 atom stereocenters. The van der Waals surface area contributed by atoms with E-state index < -0.39 is 11.9 Å². The summed E-state index contributed by atoms with van der Waals surface area (Å²) in [6.45, 7) is 4.78. The zero-order chi connectivity index (χ0) is 23.2. The second kappa shape index (κ2) is 14.5. The zero-order valence-electron chi connectivity index (χ0n) is 19.0. The standard InChI is InChI=1S/C26H33ClO5/c1-3-4-5-6-7-8-9-18-30-23-14-10-22(11-15-23)26(29)32-24-16-12-21(13-17-24)25(28)31-19-20(2)27/h10-17,20H,3-9,18-19H2,1-2H3/t20-/m1/s1. The van der Waals surface area contributed by atoms with Crippen LogP contribution in [0.25, 0.3) is 0 Å². The number of hydrogen-bond donors (Lipinski definition) is 0. The van der Waals surface area contributed by atoms with E-state index in [1.54, 1.807) is 55.5 Å². The molecule has 2 aromatic rings. The summed E-state index contributed by atoms with van der Waals surface area (Å²) in [7, 11) is 0. The highest BCUT2D eigenvalue weighted by molar-refractivity contribution is 6.20. The Morgan fingerprint density at radius 3 is 1.91 bits per heavy atom. The molecular weight excluding hydrogens is 428 g/mol. The summed E-state index contributed by atoms with van der Waals surface area (Å²) in [6, 6.07) is 13.1. The van der Waals surface area contributed by atoms with E-state index in [4.69, 9.17) is 25.8 Å². The molecule has 0 heterocycles. The van der Waals surface area contributed by atoms with Gasteiger partial charge in [0.2, 0.25) is 0 Å². The van der Waals surface area contributed by atoms with Crippen molar-refractivity contribution in [3.8, 4) is 11.5 Å². The highest BCUT2D eigenvalue weighted by Gasteiger charge is 2.12. The van der Waals surface area contributed by atoms with E-state index in [-0.39, 0.29) is 12.0 Å². The van der Waals surface area contributed by atoms with Gasteiger partial charge in [0, 0.05) is 0 Å². The maximum Gasteiger partial charge on any atom is 0.343 e. The third kappa shape index (κ3) is 9.73. The number of esters is 2. The molecular formula is C26H33ClO5. The normalized spacial score (nSPS) is 11.6. The molecule has 0 N–H and O–H groups in total. The lowest BCUT2D eigenvalue weighted by Crippen LogP contribution is -2.12. The van der Waals surface area contributed by atoms with Crippen LogP contribution in [0.5, 0.6) is 11.5 Å². The molecule has 0 bridgehead atoms. The van der Waals surface area contributed by atoms with Crippen LogP contribution in [0.2, 0.25) is 0 Å². The van der Waals surface area contributed by atoms with Gasteiger partial charge in [-0.25, -0.2) is 9.59 Å². The molecule has 0 amide bonds. The molecule has 0 unspecified atom stereocenters. The van der Waals surface area contributed by atoms with Crippen molar-refractivity contribution >= 4 is 23.5 Å². The maximum absolute atomic E-state index is 12.4. The lowest BCUT2D eigenvalue weighted by molar-refractivity contribution is 0.0508. The van der Waals surface area contributed by atoms with Gasteiger partial charge in [-0.3, -0.25) is 0 Å². The zero-order valence-corrected chi connectivity index (χ0v) is 19.7. The van der Waals surface area contributed by atoms with E-state index in [1.165, 1.54) is 38.5 Å². The lowest BCUT2D eigenvalue weighted by Gasteiger charge is -2.09. The minimum Gasteiger partial charge on any atom is -0.494 e. The maximum atomic E-state index is 12.4. The van der Waals surface area contributed by atoms with Crippen LogP contribution in [0, 0.1) is 0 Å². The van der Waals surface area contributed by atoms with E-state index in [0.717, 1.165) is 12.2 Å². The summed E-state index contributed by atoms with van der Waals surface area (Å²) in [4.78, 5) is 24.3. The molecule has 0 fully saturated rings. The fourth-order valence-corrected chi connectivity index (χ4v) is 3.10. The van der Waals surface area contributed by atoms with E-state index in [0.29, 0.717) is 23.5 Å². The quantitative estimate of drug-likeness (QED) is 0.134. The van der Waals surface area contributed by atoms with Crippen LogP contribution in [0.15, 0.2) is 48.5 Å². The Kier molecular flexibility index (Phi) is 11.7. The highest BCUT2D eigenvalue weighted by Crippen LogP contribution is 2.18. The Balaban J connectivity index is 1.73. The third-order valence-electron chi connectivity index (χ3n) is 4.85. The Bertz CT molecular complexity index is 815. The summed E-state index contributed by atoms with van der Waals surface area (Å²) >= 11 is 5.77. The molecule has 6 heteroatoms. The third-order valence-corrected chi connectivity index (χ3v) is 4.98. The smallest absolute Gasteiger partial charge is 0.343 e. The van der Waals surface area contributed by atoms with Gasteiger partial charge in [0.25, 0.3) is 0 Å². The molecule has 0 spiro atoms. The van der Waals surface area contributed by atoms with Crippen LogP contribution in [0.4, 0.5) is 0 Å². The van der Waals surface area contributed by atoms with Crippen LogP contribution < -0.4 is 9.47 Å².